The number of nitrogens with zero attached hydrogens (tertiary/aromatic N) is 2. The minimum atomic E-state index is -0.551. The number of amides is 3. The summed E-state index contributed by atoms with van der Waals surface area (Å²) in [6.07, 6.45) is 0.678. The number of fused-ring (bicyclic) bond motifs is 1. The summed E-state index contributed by atoms with van der Waals surface area (Å²) in [5.41, 5.74) is 2.74. The van der Waals surface area contributed by atoms with Gasteiger partial charge >= 0.3 is 0 Å². The lowest BCUT2D eigenvalue weighted by molar-refractivity contribution is -0.136. The largest absolute Gasteiger partial charge is 0.369 e. The standard InChI is InChI=1S/C17H20N4O3.ClH/c22-15-4-3-14(16(23)19-15)21-10-11-9-12(1-2-13(11)17(21)24)20-7-5-18-6-8-20;/h1-2,9,14,18H,3-8,10H2,(H,19,22,23);1H/t14-;/m0./s1. The van der Waals surface area contributed by atoms with Gasteiger partial charge in [-0.2, -0.15) is 0 Å². The summed E-state index contributed by atoms with van der Waals surface area (Å²) < 4.78 is 0. The van der Waals surface area contributed by atoms with E-state index in [0.717, 1.165) is 37.4 Å². The fraction of sp³-hybridized carbons (Fsp3) is 0.471. The normalized spacial score (nSPS) is 23.2. The fourth-order valence-corrected chi connectivity index (χ4v) is 3.68. The number of hydrogen-bond acceptors (Lipinski definition) is 5. The van der Waals surface area contributed by atoms with Crippen molar-refractivity contribution < 1.29 is 14.4 Å². The number of imide groups is 1. The van der Waals surface area contributed by atoms with Crippen LogP contribution in [-0.2, 0) is 16.1 Å². The Balaban J connectivity index is 0.00000182. The first-order valence-corrected chi connectivity index (χ1v) is 8.37. The molecule has 0 saturated carbocycles. The third-order valence-corrected chi connectivity index (χ3v) is 4.99. The summed E-state index contributed by atoms with van der Waals surface area (Å²) >= 11 is 0. The first kappa shape index (κ1) is 17.7. The van der Waals surface area contributed by atoms with Gasteiger partial charge in [0.25, 0.3) is 5.91 Å². The molecule has 7 nitrogen and oxygen atoms in total. The Hall–Kier alpha value is -2.12. The maximum atomic E-state index is 12.6. The van der Waals surface area contributed by atoms with Crippen LogP contribution in [0.3, 0.4) is 0 Å². The smallest absolute Gasteiger partial charge is 0.255 e. The molecule has 134 valence electrons. The zero-order valence-corrected chi connectivity index (χ0v) is 14.6. The number of hydrogen-bond donors (Lipinski definition) is 2. The molecule has 0 radical (unpaired) electrons. The molecule has 3 heterocycles. The van der Waals surface area contributed by atoms with Gasteiger partial charge in [0.2, 0.25) is 11.8 Å². The molecule has 0 aliphatic carbocycles. The van der Waals surface area contributed by atoms with Crippen molar-refractivity contribution in [1.29, 1.82) is 0 Å². The highest BCUT2D eigenvalue weighted by molar-refractivity contribution is 6.05. The summed E-state index contributed by atoms with van der Waals surface area (Å²) in [5.74, 6) is -0.748. The lowest BCUT2D eigenvalue weighted by Gasteiger charge is -2.30. The summed E-state index contributed by atoms with van der Waals surface area (Å²) in [6, 6.07) is 5.35. The molecular weight excluding hydrogens is 344 g/mol. The van der Waals surface area contributed by atoms with E-state index in [1.807, 2.05) is 12.1 Å². The predicted molar refractivity (Wildman–Crippen MR) is 94.8 cm³/mol. The number of halogens is 1. The van der Waals surface area contributed by atoms with E-state index in [4.69, 9.17) is 0 Å². The molecule has 0 unspecified atom stereocenters. The molecule has 3 amide bonds. The lowest BCUT2D eigenvalue weighted by atomic mass is 10.0. The molecule has 0 aromatic heterocycles. The first-order valence-electron chi connectivity index (χ1n) is 8.37. The Morgan fingerprint density at radius 1 is 1.08 bits per heavy atom. The van der Waals surface area contributed by atoms with E-state index in [0.29, 0.717) is 18.5 Å². The zero-order chi connectivity index (χ0) is 16.7. The molecular formula is C17H21ClN4O3. The monoisotopic (exact) mass is 364 g/mol. The van der Waals surface area contributed by atoms with Gasteiger partial charge in [-0.25, -0.2) is 0 Å². The van der Waals surface area contributed by atoms with Crippen molar-refractivity contribution in [3.05, 3.63) is 29.3 Å². The van der Waals surface area contributed by atoms with Gasteiger partial charge in [0.05, 0.1) is 0 Å². The molecule has 3 aliphatic heterocycles. The molecule has 1 aromatic rings. The van der Waals surface area contributed by atoms with Crippen LogP contribution >= 0.6 is 12.4 Å². The van der Waals surface area contributed by atoms with Crippen molar-refractivity contribution in [3.63, 3.8) is 0 Å². The van der Waals surface area contributed by atoms with Crippen LogP contribution in [0.5, 0.6) is 0 Å². The first-order chi connectivity index (χ1) is 11.6. The molecule has 1 aromatic carbocycles. The number of carbonyl (C=O) groups excluding carboxylic acids is 3. The van der Waals surface area contributed by atoms with Crippen molar-refractivity contribution >= 4 is 35.8 Å². The maximum absolute atomic E-state index is 12.6. The van der Waals surface area contributed by atoms with Gasteiger partial charge in [-0.1, -0.05) is 0 Å². The van der Waals surface area contributed by atoms with Crippen LogP contribution in [0.2, 0.25) is 0 Å². The van der Waals surface area contributed by atoms with E-state index >= 15 is 0 Å². The number of carbonyl (C=O) groups is 3. The summed E-state index contributed by atoms with van der Waals surface area (Å²) in [5, 5.41) is 5.66. The SMILES string of the molecule is Cl.O=C1CC[C@H](N2Cc3cc(N4CCNCC4)ccc3C2=O)C(=O)N1. The van der Waals surface area contributed by atoms with Gasteiger partial charge in [0.15, 0.2) is 0 Å². The molecule has 2 N–H and O–H groups in total. The van der Waals surface area contributed by atoms with Crippen LogP contribution < -0.4 is 15.5 Å². The van der Waals surface area contributed by atoms with Gasteiger partial charge in [-0.15, -0.1) is 12.4 Å². The van der Waals surface area contributed by atoms with Crippen LogP contribution in [0.1, 0.15) is 28.8 Å². The molecule has 4 rings (SSSR count). The highest BCUT2D eigenvalue weighted by atomic mass is 35.5. The van der Waals surface area contributed by atoms with E-state index < -0.39 is 6.04 Å². The summed E-state index contributed by atoms with van der Waals surface area (Å²) in [4.78, 5) is 39.9. The van der Waals surface area contributed by atoms with E-state index in [1.54, 1.807) is 4.90 Å². The van der Waals surface area contributed by atoms with Gasteiger partial charge < -0.3 is 15.1 Å². The lowest BCUT2D eigenvalue weighted by Crippen LogP contribution is -2.52. The van der Waals surface area contributed by atoms with E-state index in [-0.39, 0.29) is 36.5 Å². The molecule has 0 bridgehead atoms. The second kappa shape index (κ2) is 7.01. The fourth-order valence-electron chi connectivity index (χ4n) is 3.68. The van der Waals surface area contributed by atoms with Crippen molar-refractivity contribution in [3.8, 4) is 0 Å². The number of anilines is 1. The van der Waals surface area contributed by atoms with E-state index in [1.165, 1.54) is 0 Å². The molecule has 2 saturated heterocycles. The average Bonchev–Trinajstić information content (AvgIpc) is 2.92. The Morgan fingerprint density at radius 2 is 1.84 bits per heavy atom. The van der Waals surface area contributed by atoms with Crippen LogP contribution in [0.15, 0.2) is 18.2 Å². The van der Waals surface area contributed by atoms with Gasteiger partial charge in [0, 0.05) is 50.4 Å². The average molecular weight is 365 g/mol. The van der Waals surface area contributed by atoms with Crippen LogP contribution in [0.25, 0.3) is 0 Å². The van der Waals surface area contributed by atoms with Crippen molar-refractivity contribution in [2.45, 2.75) is 25.4 Å². The van der Waals surface area contributed by atoms with Crippen LogP contribution in [0, 0.1) is 0 Å². The number of piperidine rings is 1. The quantitative estimate of drug-likeness (QED) is 0.737. The highest BCUT2D eigenvalue weighted by Crippen LogP contribution is 2.30. The van der Waals surface area contributed by atoms with Gasteiger partial charge in [0.1, 0.15) is 6.04 Å². The number of nitrogens with one attached hydrogen (secondary N) is 2. The minimum absolute atomic E-state index is 0. The summed E-state index contributed by atoms with van der Waals surface area (Å²) in [7, 11) is 0. The van der Waals surface area contributed by atoms with Crippen LogP contribution in [-0.4, -0.2) is 54.8 Å². The van der Waals surface area contributed by atoms with Crippen molar-refractivity contribution in [2.24, 2.45) is 0 Å². The molecule has 1 atom stereocenters. The third-order valence-electron chi connectivity index (χ3n) is 4.99. The zero-order valence-electron chi connectivity index (χ0n) is 13.8. The second-order valence-electron chi connectivity index (χ2n) is 6.48. The highest BCUT2D eigenvalue weighted by Gasteiger charge is 2.39. The Labute approximate surface area is 152 Å². The van der Waals surface area contributed by atoms with Crippen LogP contribution in [0.4, 0.5) is 5.69 Å². The van der Waals surface area contributed by atoms with Gasteiger partial charge in [-0.3, -0.25) is 19.7 Å². The summed E-state index contributed by atoms with van der Waals surface area (Å²) in [6.45, 7) is 4.24. The van der Waals surface area contributed by atoms with E-state index in [9.17, 15) is 14.4 Å². The second-order valence-corrected chi connectivity index (χ2v) is 6.48. The third kappa shape index (κ3) is 3.21. The molecule has 3 aliphatic rings. The maximum Gasteiger partial charge on any atom is 0.255 e. The molecule has 25 heavy (non-hydrogen) atoms. The number of piperazine rings is 1. The Kier molecular flexibility index (Phi) is 4.96. The minimum Gasteiger partial charge on any atom is -0.369 e. The van der Waals surface area contributed by atoms with Crippen molar-refractivity contribution in [2.75, 3.05) is 31.1 Å². The number of benzene rings is 1. The topological polar surface area (TPSA) is 81.8 Å². The predicted octanol–water partition coefficient (Wildman–Crippen LogP) is 0.279. The number of rotatable bonds is 2. The Morgan fingerprint density at radius 3 is 2.56 bits per heavy atom. The Bertz CT molecular complexity index is 718. The van der Waals surface area contributed by atoms with Crippen molar-refractivity contribution in [1.82, 2.24) is 15.5 Å². The molecule has 2 fully saturated rings. The van der Waals surface area contributed by atoms with E-state index in [2.05, 4.69) is 21.6 Å². The van der Waals surface area contributed by atoms with Gasteiger partial charge in [-0.05, 0) is 30.2 Å². The molecule has 8 heteroatoms. The molecule has 0 spiro atoms.